The molecule has 0 spiro atoms. The first-order valence-corrected chi connectivity index (χ1v) is 12.5. The number of fused-ring (bicyclic) bond motifs is 2. The Morgan fingerprint density at radius 3 is 2.66 bits per heavy atom. The van der Waals surface area contributed by atoms with Gasteiger partial charge in [-0.1, -0.05) is 18.2 Å². The summed E-state index contributed by atoms with van der Waals surface area (Å²) in [4.78, 5) is 32.8. The summed E-state index contributed by atoms with van der Waals surface area (Å²) in [5, 5.41) is 3.53. The summed E-state index contributed by atoms with van der Waals surface area (Å²) in [6.07, 6.45) is 2.89. The van der Waals surface area contributed by atoms with Crippen molar-refractivity contribution < 1.29 is 17.6 Å². The smallest absolute Gasteiger partial charge is 0.336 e. The van der Waals surface area contributed by atoms with Crippen LogP contribution in [0, 0.1) is 0 Å². The maximum atomic E-state index is 13.1. The van der Waals surface area contributed by atoms with Crippen molar-refractivity contribution in [1.82, 2.24) is 9.97 Å². The number of aromatic nitrogens is 2. The van der Waals surface area contributed by atoms with Gasteiger partial charge in [-0.3, -0.25) is 14.5 Å². The van der Waals surface area contributed by atoms with Crippen molar-refractivity contribution in [2.24, 2.45) is 0 Å². The molecule has 3 heterocycles. The number of sulfonamides is 1. The van der Waals surface area contributed by atoms with E-state index >= 15 is 0 Å². The lowest BCUT2D eigenvalue weighted by Gasteiger charge is -2.12. The molecule has 0 aliphatic heterocycles. The average Bonchev–Trinajstić information content (AvgIpc) is 2.84. The number of carbonyl (C=O) groups excluding carboxylic acids is 1. The van der Waals surface area contributed by atoms with E-state index in [1.54, 1.807) is 48.7 Å². The summed E-state index contributed by atoms with van der Waals surface area (Å²) in [7, 11) is -4.10. The van der Waals surface area contributed by atoms with Gasteiger partial charge in [-0.2, -0.15) is 8.42 Å². The Morgan fingerprint density at radius 2 is 1.80 bits per heavy atom. The Balaban J connectivity index is 1.44. The van der Waals surface area contributed by atoms with Gasteiger partial charge in [-0.05, 0) is 52.3 Å². The highest BCUT2D eigenvalue weighted by molar-refractivity contribution is 9.10. The maximum Gasteiger partial charge on any atom is 0.336 e. The third-order valence-corrected chi connectivity index (χ3v) is 6.79. The zero-order valence-electron chi connectivity index (χ0n) is 17.7. The highest BCUT2D eigenvalue weighted by Crippen LogP contribution is 2.27. The van der Waals surface area contributed by atoms with Crippen LogP contribution in [0.15, 0.2) is 97.8 Å². The zero-order chi connectivity index (χ0) is 24.6. The highest BCUT2D eigenvalue weighted by atomic mass is 79.9. The average molecular weight is 551 g/mol. The molecule has 3 aromatic heterocycles. The van der Waals surface area contributed by atoms with Crippen molar-refractivity contribution in [2.45, 2.75) is 5.03 Å². The molecule has 0 aliphatic carbocycles. The van der Waals surface area contributed by atoms with E-state index in [1.165, 1.54) is 30.5 Å². The van der Waals surface area contributed by atoms with Gasteiger partial charge in [0.05, 0.1) is 16.8 Å². The van der Waals surface area contributed by atoms with Crippen molar-refractivity contribution in [3.05, 3.63) is 99.6 Å². The van der Waals surface area contributed by atoms with Crippen LogP contribution in [0.2, 0.25) is 0 Å². The predicted octanol–water partition coefficient (Wildman–Crippen LogP) is 4.55. The molecule has 5 aromatic rings. The summed E-state index contributed by atoms with van der Waals surface area (Å²) in [6, 6.07) is 17.2. The van der Waals surface area contributed by atoms with Crippen LogP contribution in [0.25, 0.3) is 21.9 Å². The Kier molecular flexibility index (Phi) is 5.79. The maximum absolute atomic E-state index is 13.1. The number of nitrogens with zero attached hydrogens (tertiary/aromatic N) is 2. The molecule has 11 heteroatoms. The molecule has 174 valence electrons. The molecule has 0 radical (unpaired) electrons. The van der Waals surface area contributed by atoms with Gasteiger partial charge in [0.25, 0.3) is 15.9 Å². The second kappa shape index (κ2) is 8.93. The lowest BCUT2D eigenvalue weighted by Crippen LogP contribution is -2.17. The number of nitrogens with one attached hydrogen (secondary N) is 2. The van der Waals surface area contributed by atoms with Gasteiger partial charge in [0.2, 0.25) is 0 Å². The highest BCUT2D eigenvalue weighted by Gasteiger charge is 2.19. The number of carbonyl (C=O) groups is 1. The fourth-order valence-electron chi connectivity index (χ4n) is 3.51. The van der Waals surface area contributed by atoms with Crippen LogP contribution >= 0.6 is 15.9 Å². The second-order valence-electron chi connectivity index (χ2n) is 7.45. The molecule has 9 nitrogen and oxygen atoms in total. The molecular weight excluding hydrogens is 536 g/mol. The van der Waals surface area contributed by atoms with Crippen molar-refractivity contribution in [3.8, 4) is 0 Å². The minimum Gasteiger partial charge on any atom is -0.422 e. The molecule has 0 aliphatic rings. The van der Waals surface area contributed by atoms with Crippen LogP contribution in [0.1, 0.15) is 10.4 Å². The quantitative estimate of drug-likeness (QED) is 0.307. The number of halogens is 1. The SMILES string of the molecule is O=C(Nc1ccnc(S(=O)(=O)Nc2cccc3ncc(Br)cc23)c1)c1cccc2ccc(=O)oc12. The number of amides is 1. The van der Waals surface area contributed by atoms with E-state index in [9.17, 15) is 18.0 Å². The number of benzene rings is 2. The number of pyridine rings is 2. The van der Waals surface area contributed by atoms with Crippen LogP contribution in [0.5, 0.6) is 0 Å². The molecule has 0 atom stereocenters. The van der Waals surface area contributed by atoms with Crippen LogP contribution < -0.4 is 15.7 Å². The summed E-state index contributed by atoms with van der Waals surface area (Å²) >= 11 is 3.35. The first-order valence-electron chi connectivity index (χ1n) is 10.2. The molecule has 1 amide bonds. The van der Waals surface area contributed by atoms with E-state index in [4.69, 9.17) is 4.42 Å². The van der Waals surface area contributed by atoms with Crippen molar-refractivity contribution in [2.75, 3.05) is 10.0 Å². The fourth-order valence-corrected chi connectivity index (χ4v) is 4.90. The molecule has 0 saturated carbocycles. The molecule has 35 heavy (non-hydrogen) atoms. The van der Waals surface area contributed by atoms with Crippen molar-refractivity contribution in [3.63, 3.8) is 0 Å². The van der Waals surface area contributed by atoms with Crippen LogP contribution in [-0.4, -0.2) is 24.3 Å². The standard InChI is InChI=1S/C24H15BrN4O5S/c25-15-11-18-19(27-13-15)5-2-6-20(18)29-35(32,33)21-12-16(9-10-26-21)28-24(31)17-4-1-3-14-7-8-22(30)34-23(14)17/h1-13,29H,(H,26,28,31). The van der Waals surface area contributed by atoms with Gasteiger partial charge in [0.1, 0.15) is 0 Å². The summed E-state index contributed by atoms with van der Waals surface area (Å²) < 4.78 is 34.6. The first-order chi connectivity index (χ1) is 16.8. The van der Waals surface area contributed by atoms with Gasteiger partial charge < -0.3 is 9.73 Å². The minimum absolute atomic E-state index is 0.133. The van der Waals surface area contributed by atoms with Crippen molar-refractivity contribution >= 4 is 65.1 Å². The first kappa shape index (κ1) is 22.7. The molecule has 2 N–H and O–H groups in total. The summed E-state index contributed by atoms with van der Waals surface area (Å²) in [5.74, 6) is -0.572. The van der Waals surface area contributed by atoms with Crippen LogP contribution in [-0.2, 0) is 10.0 Å². The number of hydrogen-bond donors (Lipinski definition) is 2. The molecule has 0 unspecified atom stereocenters. The largest absolute Gasteiger partial charge is 0.422 e. The van der Waals surface area contributed by atoms with Gasteiger partial charge in [0.15, 0.2) is 10.6 Å². The second-order valence-corrected chi connectivity index (χ2v) is 9.99. The van der Waals surface area contributed by atoms with Crippen molar-refractivity contribution in [1.29, 1.82) is 0 Å². The van der Waals surface area contributed by atoms with E-state index in [0.29, 0.717) is 26.4 Å². The number of anilines is 2. The minimum atomic E-state index is -4.10. The molecule has 0 bridgehead atoms. The van der Waals surface area contributed by atoms with Gasteiger partial charge >= 0.3 is 5.63 Å². The normalized spacial score (nSPS) is 11.5. The molecular formula is C24H15BrN4O5S. The summed E-state index contributed by atoms with van der Waals surface area (Å²) in [6.45, 7) is 0. The van der Waals surface area contributed by atoms with Gasteiger partial charge in [-0.25, -0.2) is 9.78 Å². The third-order valence-electron chi connectivity index (χ3n) is 5.10. The topological polar surface area (TPSA) is 131 Å². The Labute approximate surface area is 207 Å². The third kappa shape index (κ3) is 4.63. The van der Waals surface area contributed by atoms with E-state index in [0.717, 1.165) is 0 Å². The van der Waals surface area contributed by atoms with Crippen LogP contribution in [0.4, 0.5) is 11.4 Å². The molecule has 0 saturated heterocycles. The van der Waals surface area contributed by atoms with E-state index in [2.05, 4.69) is 35.9 Å². The van der Waals surface area contributed by atoms with Gasteiger partial charge in [-0.15, -0.1) is 0 Å². The van der Waals surface area contributed by atoms with E-state index in [-0.39, 0.29) is 21.9 Å². The lowest BCUT2D eigenvalue weighted by atomic mass is 10.1. The fraction of sp³-hybridized carbons (Fsp3) is 0. The molecule has 5 rings (SSSR count). The molecule has 2 aromatic carbocycles. The van der Waals surface area contributed by atoms with E-state index < -0.39 is 21.6 Å². The summed E-state index contributed by atoms with van der Waals surface area (Å²) in [5.41, 5.74) is 0.826. The van der Waals surface area contributed by atoms with Crippen LogP contribution in [0.3, 0.4) is 0 Å². The number of hydrogen-bond acceptors (Lipinski definition) is 7. The monoisotopic (exact) mass is 550 g/mol. The molecule has 0 fully saturated rings. The Hall–Kier alpha value is -4.09. The Bertz CT molecular complexity index is 1790. The Morgan fingerprint density at radius 1 is 0.971 bits per heavy atom. The number of rotatable bonds is 5. The van der Waals surface area contributed by atoms with E-state index in [1.807, 2.05) is 0 Å². The lowest BCUT2D eigenvalue weighted by molar-refractivity contribution is 0.102. The van der Waals surface area contributed by atoms with Gasteiger partial charge in [0, 0.05) is 45.5 Å². The zero-order valence-corrected chi connectivity index (χ0v) is 20.1. The predicted molar refractivity (Wildman–Crippen MR) is 135 cm³/mol. The number of para-hydroxylation sites is 1.